The average molecular weight is 265 g/mol. The number of rotatable bonds is 7. The lowest BCUT2D eigenvalue weighted by Gasteiger charge is -2.31. The molecule has 1 aromatic rings. The quantitative estimate of drug-likeness (QED) is 0.821. The highest BCUT2D eigenvalue weighted by Gasteiger charge is 2.21. The molecule has 1 heterocycles. The van der Waals surface area contributed by atoms with Crippen LogP contribution in [0.4, 0.5) is 0 Å². The van der Waals surface area contributed by atoms with Gasteiger partial charge in [-0.05, 0) is 34.0 Å². The molecule has 0 fully saturated rings. The zero-order chi connectivity index (χ0) is 14.5. The zero-order valence-electron chi connectivity index (χ0n) is 13.0. The fourth-order valence-electron chi connectivity index (χ4n) is 1.32. The number of hydrogen-bond donors (Lipinski definition) is 1. The van der Waals surface area contributed by atoms with Crippen LogP contribution in [-0.4, -0.2) is 42.2 Å². The van der Waals surface area contributed by atoms with Gasteiger partial charge in [-0.3, -0.25) is 0 Å². The molecule has 0 atom stereocenters. The van der Waals surface area contributed by atoms with Gasteiger partial charge in [0, 0.05) is 24.2 Å². The van der Waals surface area contributed by atoms with Gasteiger partial charge in [-0.25, -0.2) is 4.98 Å². The van der Waals surface area contributed by atoms with Crippen molar-refractivity contribution in [3.8, 4) is 5.88 Å². The first-order valence-electron chi connectivity index (χ1n) is 6.81. The van der Waals surface area contributed by atoms with Crippen LogP contribution in [-0.2, 0) is 6.54 Å². The van der Waals surface area contributed by atoms with Crippen LogP contribution >= 0.6 is 0 Å². The fourth-order valence-corrected chi connectivity index (χ4v) is 1.32. The molecule has 4 nitrogen and oxygen atoms in total. The van der Waals surface area contributed by atoms with Crippen LogP contribution < -0.4 is 10.1 Å². The molecule has 1 N–H and O–H groups in total. The molecule has 1 aromatic heterocycles. The van der Waals surface area contributed by atoms with E-state index < -0.39 is 0 Å². The van der Waals surface area contributed by atoms with Crippen LogP contribution in [0.15, 0.2) is 18.2 Å². The molecule has 0 aliphatic heterocycles. The maximum absolute atomic E-state index is 5.80. The second kappa shape index (κ2) is 6.87. The first-order valence-corrected chi connectivity index (χ1v) is 6.81. The average Bonchev–Trinajstić information content (AvgIpc) is 2.34. The minimum atomic E-state index is -0.00608. The second-order valence-electron chi connectivity index (χ2n) is 6.00. The Morgan fingerprint density at radius 1 is 1.32 bits per heavy atom. The van der Waals surface area contributed by atoms with Crippen LogP contribution in [0, 0.1) is 0 Å². The summed E-state index contributed by atoms with van der Waals surface area (Å²) < 4.78 is 5.80. The van der Waals surface area contributed by atoms with Gasteiger partial charge in [0.1, 0.15) is 6.61 Å². The molecule has 0 radical (unpaired) electrons. The van der Waals surface area contributed by atoms with Gasteiger partial charge in [-0.1, -0.05) is 19.9 Å². The summed E-state index contributed by atoms with van der Waals surface area (Å²) in [6.07, 6.45) is 0. The van der Waals surface area contributed by atoms with Gasteiger partial charge in [-0.2, -0.15) is 0 Å². The molecule has 19 heavy (non-hydrogen) atoms. The Kier molecular flexibility index (Phi) is 5.76. The Labute approximate surface area is 117 Å². The standard InChI is InChI=1S/C15H27N3O/c1-12(2)16-10-13-8-7-9-14(17-13)19-11-15(3,4)18(5)6/h7-9,12,16H,10-11H2,1-6H3. The van der Waals surface area contributed by atoms with Crippen molar-refractivity contribution in [2.45, 2.75) is 45.8 Å². The predicted molar refractivity (Wildman–Crippen MR) is 79.5 cm³/mol. The molecule has 0 aliphatic carbocycles. The van der Waals surface area contributed by atoms with Crippen molar-refractivity contribution in [2.24, 2.45) is 0 Å². The van der Waals surface area contributed by atoms with Crippen molar-refractivity contribution < 1.29 is 4.74 Å². The zero-order valence-corrected chi connectivity index (χ0v) is 13.0. The van der Waals surface area contributed by atoms with Gasteiger partial charge in [0.05, 0.1) is 5.69 Å². The van der Waals surface area contributed by atoms with Crippen molar-refractivity contribution in [1.82, 2.24) is 15.2 Å². The highest BCUT2D eigenvalue weighted by molar-refractivity contribution is 5.16. The number of ether oxygens (including phenoxy) is 1. The van der Waals surface area contributed by atoms with E-state index in [1.807, 2.05) is 18.2 Å². The number of hydrogen-bond acceptors (Lipinski definition) is 4. The molecule has 0 aromatic carbocycles. The number of nitrogens with zero attached hydrogens (tertiary/aromatic N) is 2. The normalized spacial score (nSPS) is 12.2. The summed E-state index contributed by atoms with van der Waals surface area (Å²) in [6, 6.07) is 6.37. The number of pyridine rings is 1. The number of aromatic nitrogens is 1. The molecule has 1 rings (SSSR count). The van der Waals surface area contributed by atoms with E-state index in [1.165, 1.54) is 0 Å². The molecule has 0 aliphatic rings. The minimum absolute atomic E-state index is 0.00608. The monoisotopic (exact) mass is 265 g/mol. The maximum Gasteiger partial charge on any atom is 0.213 e. The van der Waals surface area contributed by atoms with Gasteiger partial charge in [-0.15, -0.1) is 0 Å². The van der Waals surface area contributed by atoms with Crippen LogP contribution in [0.5, 0.6) is 5.88 Å². The van der Waals surface area contributed by atoms with Crippen molar-refractivity contribution >= 4 is 0 Å². The first kappa shape index (κ1) is 15.9. The third-order valence-corrected chi connectivity index (χ3v) is 3.26. The number of nitrogens with one attached hydrogen (secondary N) is 1. The summed E-state index contributed by atoms with van der Waals surface area (Å²) in [5.41, 5.74) is 1.00. The topological polar surface area (TPSA) is 37.4 Å². The second-order valence-corrected chi connectivity index (χ2v) is 6.00. The van der Waals surface area contributed by atoms with E-state index in [2.05, 4.69) is 57.0 Å². The fraction of sp³-hybridized carbons (Fsp3) is 0.667. The Morgan fingerprint density at radius 2 is 2.00 bits per heavy atom. The van der Waals surface area contributed by atoms with E-state index in [1.54, 1.807) is 0 Å². The molecule has 0 amide bonds. The molecule has 0 saturated heterocycles. The third kappa shape index (κ3) is 5.57. The Bertz CT molecular complexity index is 389. The summed E-state index contributed by atoms with van der Waals surface area (Å²) in [6.45, 7) is 9.94. The van der Waals surface area contributed by atoms with Crippen molar-refractivity contribution in [3.63, 3.8) is 0 Å². The predicted octanol–water partition coefficient (Wildman–Crippen LogP) is 2.30. The molecule has 4 heteroatoms. The van der Waals surface area contributed by atoms with E-state index >= 15 is 0 Å². The lowest BCUT2D eigenvalue weighted by atomic mass is 10.1. The smallest absolute Gasteiger partial charge is 0.213 e. The molecule has 0 unspecified atom stereocenters. The van der Waals surface area contributed by atoms with Crippen molar-refractivity contribution in [1.29, 1.82) is 0 Å². The molecule has 0 spiro atoms. The summed E-state index contributed by atoms with van der Waals surface area (Å²) in [5, 5.41) is 3.35. The Balaban J connectivity index is 2.57. The van der Waals surface area contributed by atoms with Gasteiger partial charge in [0.15, 0.2) is 0 Å². The largest absolute Gasteiger partial charge is 0.476 e. The van der Waals surface area contributed by atoms with Crippen LogP contribution in [0.2, 0.25) is 0 Å². The summed E-state index contributed by atoms with van der Waals surface area (Å²) in [4.78, 5) is 6.65. The summed E-state index contributed by atoms with van der Waals surface area (Å²) >= 11 is 0. The molecular weight excluding hydrogens is 238 g/mol. The number of likely N-dealkylation sites (N-methyl/N-ethyl adjacent to an activating group) is 1. The molecule has 0 bridgehead atoms. The SMILES string of the molecule is CC(C)NCc1cccc(OCC(C)(C)N(C)C)n1. The van der Waals surface area contributed by atoms with E-state index in [9.17, 15) is 0 Å². The van der Waals surface area contributed by atoms with Gasteiger partial charge in [0.25, 0.3) is 0 Å². The van der Waals surface area contributed by atoms with Gasteiger partial charge >= 0.3 is 0 Å². The van der Waals surface area contributed by atoms with E-state index in [4.69, 9.17) is 4.74 Å². The van der Waals surface area contributed by atoms with Crippen LogP contribution in [0.25, 0.3) is 0 Å². The van der Waals surface area contributed by atoms with E-state index in [-0.39, 0.29) is 5.54 Å². The molecular formula is C15H27N3O. The lowest BCUT2D eigenvalue weighted by Crippen LogP contribution is -2.43. The summed E-state index contributed by atoms with van der Waals surface area (Å²) in [5.74, 6) is 0.693. The van der Waals surface area contributed by atoms with Crippen LogP contribution in [0.3, 0.4) is 0 Å². The summed E-state index contributed by atoms with van der Waals surface area (Å²) in [7, 11) is 4.11. The van der Waals surface area contributed by atoms with Gasteiger partial charge in [0.2, 0.25) is 5.88 Å². The third-order valence-electron chi connectivity index (χ3n) is 3.26. The highest BCUT2D eigenvalue weighted by atomic mass is 16.5. The highest BCUT2D eigenvalue weighted by Crippen LogP contribution is 2.14. The lowest BCUT2D eigenvalue weighted by molar-refractivity contribution is 0.111. The first-order chi connectivity index (χ1) is 8.81. The maximum atomic E-state index is 5.80. The molecule has 0 saturated carbocycles. The van der Waals surface area contributed by atoms with E-state index in [0.29, 0.717) is 18.5 Å². The van der Waals surface area contributed by atoms with Crippen molar-refractivity contribution in [2.75, 3.05) is 20.7 Å². The Morgan fingerprint density at radius 3 is 2.58 bits per heavy atom. The minimum Gasteiger partial charge on any atom is -0.476 e. The Hall–Kier alpha value is -1.13. The van der Waals surface area contributed by atoms with E-state index in [0.717, 1.165) is 12.2 Å². The van der Waals surface area contributed by atoms with Crippen molar-refractivity contribution in [3.05, 3.63) is 23.9 Å². The molecule has 108 valence electrons. The van der Waals surface area contributed by atoms with Crippen LogP contribution in [0.1, 0.15) is 33.4 Å². The van der Waals surface area contributed by atoms with Gasteiger partial charge < -0.3 is 15.0 Å².